The highest BCUT2D eigenvalue weighted by atomic mass is 19.4. The average Bonchev–Trinajstić information content (AvgIpc) is 3.45. The number of nitrogens with zero attached hydrogens (tertiary/aromatic N) is 2. The van der Waals surface area contributed by atoms with Crippen molar-refractivity contribution in [3.8, 4) is 17.0 Å². The number of amides is 2. The number of rotatable bonds is 10. The highest BCUT2D eigenvalue weighted by Gasteiger charge is 2.53. The maximum atomic E-state index is 14.2. The first-order valence-corrected chi connectivity index (χ1v) is 14.1. The lowest BCUT2D eigenvalue weighted by molar-refractivity contribution is -0.214. The number of aryl methyl sites for hydroxylation is 1. The van der Waals surface area contributed by atoms with Gasteiger partial charge in [-0.05, 0) is 93.2 Å². The predicted molar refractivity (Wildman–Crippen MR) is 148 cm³/mol. The first-order chi connectivity index (χ1) is 19.4. The Hall–Kier alpha value is -3.43. The summed E-state index contributed by atoms with van der Waals surface area (Å²) in [5.74, 6) is 0.274. The Morgan fingerprint density at radius 3 is 2.39 bits per heavy atom. The van der Waals surface area contributed by atoms with E-state index in [-0.39, 0.29) is 24.2 Å². The molecular weight excluding hydrogens is 538 g/mol. The number of benzene rings is 1. The molecular formula is C31H37F4N3O3. The van der Waals surface area contributed by atoms with E-state index in [4.69, 9.17) is 10.5 Å². The van der Waals surface area contributed by atoms with E-state index >= 15 is 0 Å². The predicted octanol–water partition coefficient (Wildman–Crippen LogP) is 6.57. The van der Waals surface area contributed by atoms with Crippen LogP contribution in [0, 0.1) is 18.8 Å². The minimum absolute atomic E-state index is 0.0645. The van der Waals surface area contributed by atoms with Crippen LogP contribution in [0.5, 0.6) is 5.75 Å². The number of hydrogen-bond acceptors (Lipinski definition) is 4. The van der Waals surface area contributed by atoms with E-state index in [2.05, 4.69) is 11.6 Å². The molecule has 2 heterocycles. The Morgan fingerprint density at radius 1 is 1.10 bits per heavy atom. The van der Waals surface area contributed by atoms with E-state index in [0.717, 1.165) is 48.9 Å². The van der Waals surface area contributed by atoms with Crippen molar-refractivity contribution < 1.29 is 31.9 Å². The molecule has 2 aliphatic rings. The molecule has 2 aromatic rings. The van der Waals surface area contributed by atoms with Crippen LogP contribution >= 0.6 is 0 Å². The minimum atomic E-state index is -4.94. The van der Waals surface area contributed by atoms with Crippen molar-refractivity contribution in [1.29, 1.82) is 0 Å². The Bertz CT molecular complexity index is 1240. The number of halogens is 4. The standard InChI is InChI=1S/C31H37F4N3O3/c1-3-30(32,31(33,34)35)15-14-21-6-8-22(9-7-21)19-41-24-11-13-26(37-18-24)23-10-12-25(20(2)17-23)29(40)38-16-4-5-27(38)28(36)39/h3,10-13,17-18,21-22,27H,1,4-9,14-16,19H2,2H3,(H2,36,39)/t21?,22?,27-,30?/m0/s1. The highest BCUT2D eigenvalue weighted by Crippen LogP contribution is 2.41. The minimum Gasteiger partial charge on any atom is -0.492 e. The molecule has 0 spiro atoms. The van der Waals surface area contributed by atoms with Gasteiger partial charge in [-0.3, -0.25) is 14.6 Å². The number of primary amides is 1. The fraction of sp³-hybridized carbons (Fsp3) is 0.516. The van der Waals surface area contributed by atoms with Crippen molar-refractivity contribution in [2.45, 2.75) is 76.2 Å². The smallest absolute Gasteiger partial charge is 0.426 e. The van der Waals surface area contributed by atoms with Gasteiger partial charge in [0.05, 0.1) is 18.5 Å². The summed E-state index contributed by atoms with van der Waals surface area (Å²) in [7, 11) is 0. The molecule has 1 aromatic carbocycles. The van der Waals surface area contributed by atoms with Crippen LogP contribution < -0.4 is 10.5 Å². The Morgan fingerprint density at radius 2 is 1.80 bits per heavy atom. The molecule has 1 aliphatic carbocycles. The third-order valence-corrected chi connectivity index (χ3v) is 8.49. The number of carbonyl (C=O) groups is 2. The second-order valence-electron chi connectivity index (χ2n) is 11.3. The molecule has 1 unspecified atom stereocenters. The van der Waals surface area contributed by atoms with Crippen LogP contribution in [0.4, 0.5) is 17.6 Å². The van der Waals surface area contributed by atoms with Crippen LogP contribution in [0.3, 0.4) is 0 Å². The number of carbonyl (C=O) groups excluding carboxylic acids is 2. The van der Waals surface area contributed by atoms with Crippen molar-refractivity contribution in [3.63, 3.8) is 0 Å². The van der Waals surface area contributed by atoms with Gasteiger partial charge in [0.15, 0.2) is 0 Å². The first-order valence-electron chi connectivity index (χ1n) is 14.1. The summed E-state index contributed by atoms with van der Waals surface area (Å²) in [5, 5.41) is 0. The van der Waals surface area contributed by atoms with Gasteiger partial charge in [0, 0.05) is 17.7 Å². The van der Waals surface area contributed by atoms with Crippen LogP contribution in [-0.2, 0) is 4.79 Å². The van der Waals surface area contributed by atoms with Crippen LogP contribution in [0.15, 0.2) is 49.2 Å². The SMILES string of the molecule is C=CC(F)(CCC1CCC(COc2ccc(-c3ccc(C(=O)N4CCC[C@H]4C(N)=O)c(C)c3)nc2)CC1)C(F)(F)F. The highest BCUT2D eigenvalue weighted by molar-refractivity contribution is 5.99. The van der Waals surface area contributed by atoms with E-state index in [1.54, 1.807) is 17.2 Å². The normalized spacial score (nSPS) is 22.7. The van der Waals surface area contributed by atoms with Crippen LogP contribution in [0.25, 0.3) is 11.3 Å². The van der Waals surface area contributed by atoms with E-state index in [1.807, 2.05) is 31.2 Å². The summed E-state index contributed by atoms with van der Waals surface area (Å²) in [5.41, 5.74) is 5.01. The number of hydrogen-bond donors (Lipinski definition) is 1. The molecule has 0 bridgehead atoms. The number of ether oxygens (including phenoxy) is 1. The van der Waals surface area contributed by atoms with Crippen LogP contribution in [-0.4, -0.2) is 52.7 Å². The number of allylic oxidation sites excluding steroid dienone is 1. The molecule has 222 valence electrons. The molecule has 41 heavy (non-hydrogen) atoms. The summed E-state index contributed by atoms with van der Waals surface area (Å²) < 4.78 is 59.0. The summed E-state index contributed by atoms with van der Waals surface area (Å²) in [6.45, 7) is 5.88. The number of aromatic nitrogens is 1. The fourth-order valence-corrected chi connectivity index (χ4v) is 5.83. The molecule has 10 heteroatoms. The molecule has 2 atom stereocenters. The van der Waals surface area contributed by atoms with Crippen LogP contribution in [0.2, 0.25) is 0 Å². The van der Waals surface area contributed by atoms with E-state index in [0.29, 0.717) is 37.0 Å². The molecule has 1 saturated carbocycles. The van der Waals surface area contributed by atoms with Gasteiger partial charge >= 0.3 is 6.18 Å². The fourth-order valence-electron chi connectivity index (χ4n) is 5.83. The van der Waals surface area contributed by atoms with Crippen LogP contribution in [0.1, 0.15) is 67.3 Å². The van der Waals surface area contributed by atoms with E-state index in [9.17, 15) is 27.2 Å². The lowest BCUT2D eigenvalue weighted by Crippen LogP contribution is -2.43. The molecule has 6 nitrogen and oxygen atoms in total. The molecule has 0 radical (unpaired) electrons. The molecule has 1 aromatic heterocycles. The van der Waals surface area contributed by atoms with Gasteiger partial charge in [-0.25, -0.2) is 4.39 Å². The van der Waals surface area contributed by atoms with Crippen molar-refractivity contribution in [2.24, 2.45) is 17.6 Å². The van der Waals surface area contributed by atoms with Gasteiger partial charge < -0.3 is 15.4 Å². The van der Waals surface area contributed by atoms with Crippen molar-refractivity contribution in [3.05, 3.63) is 60.3 Å². The zero-order valence-electron chi connectivity index (χ0n) is 23.3. The third-order valence-electron chi connectivity index (χ3n) is 8.49. The van der Waals surface area contributed by atoms with E-state index in [1.165, 1.54) is 0 Å². The quantitative estimate of drug-likeness (QED) is 0.257. The van der Waals surface area contributed by atoms with Gasteiger partial charge in [0.1, 0.15) is 11.8 Å². The van der Waals surface area contributed by atoms with Gasteiger partial charge in [-0.15, -0.1) is 0 Å². The summed E-state index contributed by atoms with van der Waals surface area (Å²) >= 11 is 0. The number of likely N-dealkylation sites (tertiary alicyclic amines) is 1. The molecule has 2 amide bonds. The van der Waals surface area contributed by atoms with E-state index < -0.39 is 30.2 Å². The Kier molecular flexibility index (Phi) is 9.39. The lowest BCUT2D eigenvalue weighted by Gasteiger charge is -2.31. The summed E-state index contributed by atoms with van der Waals surface area (Å²) in [4.78, 5) is 30.8. The zero-order valence-corrected chi connectivity index (χ0v) is 23.3. The molecule has 1 aliphatic heterocycles. The first kappa shape index (κ1) is 30.5. The summed E-state index contributed by atoms with van der Waals surface area (Å²) in [6.07, 6.45) is 1.14. The Labute approximate surface area is 238 Å². The largest absolute Gasteiger partial charge is 0.492 e. The maximum Gasteiger partial charge on any atom is 0.426 e. The second kappa shape index (κ2) is 12.6. The van der Waals surface area contributed by atoms with Crippen molar-refractivity contribution >= 4 is 11.8 Å². The molecule has 2 N–H and O–H groups in total. The second-order valence-corrected chi connectivity index (χ2v) is 11.3. The summed E-state index contributed by atoms with van der Waals surface area (Å²) in [6, 6.07) is 8.57. The zero-order chi connectivity index (χ0) is 29.8. The molecule has 1 saturated heterocycles. The van der Waals surface area contributed by atoms with Gasteiger partial charge in [0.25, 0.3) is 5.91 Å². The monoisotopic (exact) mass is 575 g/mol. The van der Waals surface area contributed by atoms with Gasteiger partial charge in [-0.1, -0.05) is 25.5 Å². The lowest BCUT2D eigenvalue weighted by atomic mass is 9.79. The molecule has 4 rings (SSSR count). The average molecular weight is 576 g/mol. The van der Waals surface area contributed by atoms with Gasteiger partial charge in [0.2, 0.25) is 11.6 Å². The Balaban J connectivity index is 1.26. The third kappa shape index (κ3) is 7.08. The van der Waals surface area contributed by atoms with Crippen molar-refractivity contribution in [1.82, 2.24) is 9.88 Å². The molecule has 2 fully saturated rings. The topological polar surface area (TPSA) is 85.5 Å². The maximum absolute atomic E-state index is 14.2. The number of pyridine rings is 1. The van der Waals surface area contributed by atoms with Crippen molar-refractivity contribution in [2.75, 3.05) is 13.2 Å². The number of nitrogens with two attached hydrogens (primary N) is 1. The van der Waals surface area contributed by atoms with Gasteiger partial charge in [-0.2, -0.15) is 13.2 Å². The number of alkyl halides is 4.